The molecule has 11 nitrogen and oxygen atoms in total. The minimum absolute atomic E-state index is 0.139. The Morgan fingerprint density at radius 2 is 1.13 bits per heavy atom. The smallest absolute Gasteiger partial charge is 0.291 e. The second kappa shape index (κ2) is 18.1. The van der Waals surface area contributed by atoms with Crippen LogP contribution >= 0.6 is 0 Å². The van der Waals surface area contributed by atoms with Crippen LogP contribution in [0.1, 0.15) is 0 Å². The average molecular weight is 231 g/mol. The lowest BCUT2D eigenvalue weighted by Gasteiger charge is -1.94. The van der Waals surface area contributed by atoms with Crippen molar-refractivity contribution in [1.82, 2.24) is 5.32 Å². The number of rotatable bonds is 4. The molecule has 11 heteroatoms. The van der Waals surface area contributed by atoms with Crippen molar-refractivity contribution in [2.75, 3.05) is 26.3 Å². The second-order valence-electron chi connectivity index (χ2n) is 1.67. The third-order valence-corrected chi connectivity index (χ3v) is 0.577. The third kappa shape index (κ3) is 250. The summed E-state index contributed by atoms with van der Waals surface area (Å²) in [6.07, 6.45) is 0. The van der Waals surface area contributed by atoms with Gasteiger partial charge in [0.1, 0.15) is 0 Å². The summed E-state index contributed by atoms with van der Waals surface area (Å²) in [5.74, 6) is 0. The number of aliphatic hydroxyl groups excluding tert-OH is 2. The minimum Gasteiger partial charge on any atom is -0.395 e. The molecule has 0 aromatic heterocycles. The summed E-state index contributed by atoms with van der Waals surface area (Å²) >= 11 is 0. The highest BCUT2D eigenvalue weighted by molar-refractivity contribution is 4.39. The number of nitrogens with one attached hydrogen (secondary N) is 1. The molecule has 0 aliphatic carbocycles. The van der Waals surface area contributed by atoms with E-state index < -0.39 is 10.2 Å². The summed E-state index contributed by atoms with van der Waals surface area (Å²) in [4.78, 5) is 16.7. The molecule has 0 aromatic rings. The summed E-state index contributed by atoms with van der Waals surface area (Å²) < 4.78 is 0. The summed E-state index contributed by atoms with van der Waals surface area (Å²) in [6, 6.07) is 0. The average Bonchev–Trinajstić information content (AvgIpc) is 2.03. The Kier molecular flexibility index (Phi) is 22.9. The quantitative estimate of drug-likeness (QED) is 0.205. The Morgan fingerprint density at radius 3 is 1.27 bits per heavy atom. The van der Waals surface area contributed by atoms with Crippen molar-refractivity contribution in [2.45, 2.75) is 0 Å². The predicted octanol–water partition coefficient (Wildman–Crippen LogP) is -2.13. The number of aliphatic hydroxyl groups is 2. The highest BCUT2D eigenvalue weighted by Gasteiger charge is 1.78. The maximum absolute atomic E-state index is 8.36. The lowest BCUT2D eigenvalue weighted by Crippen LogP contribution is -2.21. The zero-order valence-corrected chi connectivity index (χ0v) is 7.64. The largest absolute Gasteiger partial charge is 0.395 e. The zero-order valence-electron chi connectivity index (χ0n) is 7.64. The van der Waals surface area contributed by atoms with Crippen LogP contribution in [0.4, 0.5) is 0 Å². The van der Waals surface area contributed by atoms with E-state index in [1.165, 1.54) is 0 Å². The van der Waals surface area contributed by atoms with E-state index in [-0.39, 0.29) is 13.2 Å². The minimum atomic E-state index is -1.50. The second-order valence-corrected chi connectivity index (χ2v) is 1.67. The van der Waals surface area contributed by atoms with Crippen LogP contribution in [0.25, 0.3) is 0 Å². The van der Waals surface area contributed by atoms with E-state index in [0.717, 1.165) is 0 Å². The first kappa shape index (κ1) is 18.9. The lowest BCUT2D eigenvalue weighted by atomic mass is 10.6. The summed E-state index contributed by atoms with van der Waals surface area (Å²) in [5.41, 5.74) is 0. The molecule has 0 heterocycles. The maximum atomic E-state index is 8.36. The Bertz CT molecular complexity index is 129. The van der Waals surface area contributed by atoms with Gasteiger partial charge in [0.05, 0.1) is 13.2 Å². The van der Waals surface area contributed by atoms with E-state index in [1.54, 1.807) is 0 Å². The molecule has 0 aliphatic rings. The molecule has 0 saturated carbocycles. The molecular weight excluding hydrogens is 218 g/mol. The van der Waals surface area contributed by atoms with Crippen LogP contribution in [-0.2, 0) is 0 Å². The van der Waals surface area contributed by atoms with E-state index in [0.29, 0.717) is 13.1 Å². The number of hydrogen-bond acceptors (Lipinski definition) is 7. The van der Waals surface area contributed by atoms with Crippen molar-refractivity contribution >= 4 is 0 Å². The van der Waals surface area contributed by atoms with Crippen molar-refractivity contribution in [3.05, 3.63) is 20.2 Å². The first-order valence-corrected chi connectivity index (χ1v) is 3.47. The maximum Gasteiger partial charge on any atom is 0.291 e. The fraction of sp³-hybridized carbons (Fsp3) is 1.00. The first-order chi connectivity index (χ1) is 6.88. The van der Waals surface area contributed by atoms with Crippen molar-refractivity contribution in [3.8, 4) is 0 Å². The molecule has 5 N–H and O–H groups in total. The molecule has 0 aromatic carbocycles. The zero-order chi connectivity index (χ0) is 12.7. The van der Waals surface area contributed by atoms with Gasteiger partial charge in [0.2, 0.25) is 0 Å². The number of nitrogens with zero attached hydrogens (tertiary/aromatic N) is 2. The van der Waals surface area contributed by atoms with Gasteiger partial charge in [-0.1, -0.05) is 0 Å². The highest BCUT2D eigenvalue weighted by Crippen LogP contribution is 1.54. The molecule has 0 unspecified atom stereocenters. The van der Waals surface area contributed by atoms with Gasteiger partial charge in [-0.15, -0.1) is 20.2 Å². The molecule has 0 fully saturated rings. The van der Waals surface area contributed by atoms with Crippen LogP contribution in [0.3, 0.4) is 0 Å². The van der Waals surface area contributed by atoms with Crippen LogP contribution in [-0.4, -0.2) is 57.1 Å². The van der Waals surface area contributed by atoms with Crippen LogP contribution < -0.4 is 5.32 Å². The van der Waals surface area contributed by atoms with Crippen molar-refractivity contribution < 1.29 is 30.8 Å². The monoisotopic (exact) mass is 231 g/mol. The first-order valence-electron chi connectivity index (χ1n) is 3.47. The SMILES string of the molecule is O=[N+]([O-])O.O=[N+]([O-])O.OCCNCCO. The molecule has 0 aliphatic heterocycles. The summed E-state index contributed by atoms with van der Waals surface area (Å²) in [6.45, 7) is 1.42. The van der Waals surface area contributed by atoms with Gasteiger partial charge in [-0.2, -0.15) is 0 Å². The van der Waals surface area contributed by atoms with Gasteiger partial charge in [-0.05, 0) is 0 Å². The highest BCUT2D eigenvalue weighted by atomic mass is 16.9. The van der Waals surface area contributed by atoms with Crippen molar-refractivity contribution in [3.63, 3.8) is 0 Å². The molecule has 0 amide bonds. The molecular formula is C4H13N3O8. The Labute approximate surface area is 83.8 Å². The molecule has 0 spiro atoms. The Morgan fingerprint density at radius 1 is 0.933 bits per heavy atom. The predicted molar refractivity (Wildman–Crippen MR) is 44.6 cm³/mol. The lowest BCUT2D eigenvalue weighted by molar-refractivity contribution is -0.742. The molecule has 15 heavy (non-hydrogen) atoms. The van der Waals surface area contributed by atoms with Gasteiger partial charge < -0.3 is 25.9 Å². The molecule has 0 bridgehead atoms. The summed E-state index contributed by atoms with van der Waals surface area (Å²) in [7, 11) is 0. The van der Waals surface area contributed by atoms with Gasteiger partial charge in [-0.3, -0.25) is 0 Å². The molecule has 0 radical (unpaired) electrons. The van der Waals surface area contributed by atoms with Crippen molar-refractivity contribution in [1.29, 1.82) is 0 Å². The molecule has 0 saturated heterocycles. The van der Waals surface area contributed by atoms with Crippen molar-refractivity contribution in [2.24, 2.45) is 0 Å². The molecule has 92 valence electrons. The van der Waals surface area contributed by atoms with E-state index >= 15 is 0 Å². The van der Waals surface area contributed by atoms with E-state index in [2.05, 4.69) is 5.32 Å². The fourth-order valence-corrected chi connectivity index (χ4v) is 0.283. The van der Waals surface area contributed by atoms with Crippen LogP contribution in [0.15, 0.2) is 0 Å². The molecule has 0 atom stereocenters. The van der Waals surface area contributed by atoms with Gasteiger partial charge >= 0.3 is 0 Å². The molecule has 0 rings (SSSR count). The third-order valence-electron chi connectivity index (χ3n) is 0.577. The normalized spacial score (nSPS) is 7.60. The summed E-state index contributed by atoms with van der Waals surface area (Å²) in [5, 5.41) is 46.4. The van der Waals surface area contributed by atoms with Gasteiger partial charge in [0, 0.05) is 13.1 Å². The van der Waals surface area contributed by atoms with E-state index in [9.17, 15) is 0 Å². The topological polar surface area (TPSA) is 179 Å². The van der Waals surface area contributed by atoms with Crippen LogP contribution in [0.5, 0.6) is 0 Å². The van der Waals surface area contributed by atoms with Gasteiger partial charge in [-0.25, -0.2) is 0 Å². The fourth-order valence-electron chi connectivity index (χ4n) is 0.283. The van der Waals surface area contributed by atoms with Crippen LogP contribution in [0.2, 0.25) is 0 Å². The van der Waals surface area contributed by atoms with E-state index in [4.69, 9.17) is 40.9 Å². The Hall–Kier alpha value is -1.72. The standard InChI is InChI=1S/C4H11NO2.2HNO3/c6-3-1-5-2-4-7;2*2-1(3)4/h5-7H,1-4H2;2*(H,2,3,4). The van der Waals surface area contributed by atoms with Gasteiger partial charge in [0.15, 0.2) is 0 Å². The number of hydrogen-bond donors (Lipinski definition) is 5. The Balaban J connectivity index is -0.000000155. The van der Waals surface area contributed by atoms with Crippen LogP contribution in [0, 0.1) is 20.2 Å². The van der Waals surface area contributed by atoms with Gasteiger partial charge in [0.25, 0.3) is 10.2 Å². The van der Waals surface area contributed by atoms with E-state index in [1.807, 2.05) is 0 Å².